The summed E-state index contributed by atoms with van der Waals surface area (Å²) in [5, 5.41) is 0. The summed E-state index contributed by atoms with van der Waals surface area (Å²) in [5.41, 5.74) is -4.26. The molecule has 0 spiro atoms. The third kappa shape index (κ3) is 3.97. The van der Waals surface area contributed by atoms with E-state index in [2.05, 4.69) is 0 Å². The lowest BCUT2D eigenvalue weighted by Crippen LogP contribution is -2.35. The van der Waals surface area contributed by atoms with Crippen molar-refractivity contribution in [1.29, 1.82) is 0 Å². The molecule has 0 fully saturated rings. The lowest BCUT2D eigenvalue weighted by Gasteiger charge is -2.13. The van der Waals surface area contributed by atoms with Gasteiger partial charge in [0.05, 0.1) is 20.8 Å². The minimum Gasteiger partial charge on any atom is -0.591 e. The van der Waals surface area contributed by atoms with E-state index in [1.165, 1.54) is 20.3 Å². The Balaban J connectivity index is 2.69. The molecule has 1 atom stereocenters. The molecule has 0 aliphatic rings. The molecule has 1 aromatic carbocycles. The van der Waals surface area contributed by atoms with Crippen LogP contribution in [0.15, 0.2) is 18.2 Å². The Labute approximate surface area is 105 Å². The Bertz CT molecular complexity index is 400. The van der Waals surface area contributed by atoms with Crippen molar-refractivity contribution >= 4 is 11.4 Å². The highest BCUT2D eigenvalue weighted by molar-refractivity contribution is 7.90. The molecule has 1 unspecified atom stereocenters. The van der Waals surface area contributed by atoms with Crippen molar-refractivity contribution in [2.24, 2.45) is 0 Å². The van der Waals surface area contributed by atoms with Crippen molar-refractivity contribution < 1.29 is 27.2 Å². The zero-order valence-corrected chi connectivity index (χ0v) is 10.5. The van der Waals surface area contributed by atoms with Crippen molar-refractivity contribution in [3.8, 4) is 11.5 Å². The topological polar surface area (TPSA) is 53.5 Å². The number of alkyl halides is 3. The second-order valence-corrected chi connectivity index (χ2v) is 4.51. The van der Waals surface area contributed by atoms with E-state index >= 15 is 0 Å². The molecule has 0 amide bonds. The molecule has 0 saturated heterocycles. The second-order valence-electron chi connectivity index (χ2n) is 3.22. The molecule has 0 bridgehead atoms. The van der Waals surface area contributed by atoms with Gasteiger partial charge in [0, 0.05) is 0 Å². The predicted molar refractivity (Wildman–Crippen MR) is 60.6 cm³/mol. The molecule has 0 aliphatic carbocycles. The number of halogens is 3. The highest BCUT2D eigenvalue weighted by Crippen LogP contribution is 2.28. The van der Waals surface area contributed by atoms with Gasteiger partial charge < -0.3 is 14.0 Å². The number of rotatable bonds is 5. The zero-order chi connectivity index (χ0) is 13.8. The van der Waals surface area contributed by atoms with E-state index in [0.29, 0.717) is 17.1 Å². The Hall–Kier alpha value is -1.12. The second kappa shape index (κ2) is 6.17. The number of benzene rings is 1. The Morgan fingerprint density at radius 3 is 2.33 bits per heavy atom. The third-order valence-electron chi connectivity index (χ3n) is 2.07. The van der Waals surface area contributed by atoms with E-state index in [4.69, 9.17) is 9.47 Å². The van der Waals surface area contributed by atoms with E-state index < -0.39 is 16.9 Å². The molecule has 1 rings (SSSR count). The summed E-state index contributed by atoms with van der Waals surface area (Å²) < 4.78 is 58.6. The summed E-state index contributed by atoms with van der Waals surface area (Å²) in [7, 11) is 2.87. The first-order valence-electron chi connectivity index (χ1n) is 4.81. The number of methoxy groups -OCH3 is 2. The Kier molecular flexibility index (Phi) is 5.12. The van der Waals surface area contributed by atoms with Gasteiger partial charge in [0.15, 0.2) is 22.9 Å². The third-order valence-corrected chi connectivity index (χ3v) is 2.89. The number of hydrogen-bond acceptors (Lipinski definition) is 4. The predicted octanol–water partition coefficient (Wildman–Crippen LogP) is 1.98. The van der Waals surface area contributed by atoms with E-state index in [-0.39, 0.29) is 6.54 Å². The molecule has 0 saturated carbocycles. The van der Waals surface area contributed by atoms with Crippen LogP contribution in [0.2, 0.25) is 0 Å². The van der Waals surface area contributed by atoms with Crippen LogP contribution in [0.3, 0.4) is 0 Å². The van der Waals surface area contributed by atoms with Gasteiger partial charge in [-0.05, 0) is 17.7 Å². The van der Waals surface area contributed by atoms with Gasteiger partial charge in [-0.1, -0.05) is 6.07 Å². The first-order chi connectivity index (χ1) is 8.38. The number of hydrogen-bond donors (Lipinski definition) is 1. The van der Waals surface area contributed by atoms with Crippen LogP contribution in [0, 0.1) is 0 Å². The van der Waals surface area contributed by atoms with Crippen LogP contribution in [0.5, 0.6) is 11.5 Å². The minimum absolute atomic E-state index is 0.188. The maximum atomic E-state index is 12.0. The summed E-state index contributed by atoms with van der Waals surface area (Å²) in [6, 6.07) is 4.63. The highest BCUT2D eigenvalue weighted by Gasteiger charge is 2.45. The quantitative estimate of drug-likeness (QED) is 0.840. The summed E-state index contributed by atoms with van der Waals surface area (Å²) in [5.74, 6) is 0.868. The van der Waals surface area contributed by atoms with Gasteiger partial charge in [0.25, 0.3) is 0 Å². The maximum Gasteiger partial charge on any atom is 0.592 e. The van der Waals surface area contributed by atoms with Gasteiger partial charge >= 0.3 is 5.51 Å². The van der Waals surface area contributed by atoms with Crippen molar-refractivity contribution in [1.82, 2.24) is 4.72 Å². The van der Waals surface area contributed by atoms with Crippen LogP contribution in [0.25, 0.3) is 0 Å². The van der Waals surface area contributed by atoms with Gasteiger partial charge in [0.2, 0.25) is 0 Å². The van der Waals surface area contributed by atoms with Gasteiger partial charge in [-0.15, -0.1) is 17.9 Å². The number of nitrogens with one attached hydrogen (secondary N) is 1. The fourth-order valence-electron chi connectivity index (χ4n) is 1.22. The fourth-order valence-corrected chi connectivity index (χ4v) is 1.68. The molecule has 0 radical (unpaired) electrons. The summed E-state index contributed by atoms with van der Waals surface area (Å²) in [6.07, 6.45) is 0. The highest BCUT2D eigenvalue weighted by atomic mass is 32.2. The standard InChI is InChI=1S/C10H12F3NO3S/c1-16-8-4-3-7(5-9(8)17-2)6-14-18(15)10(11,12)13/h3-5,14H,6H2,1-2H3. The van der Waals surface area contributed by atoms with Crippen LogP contribution < -0.4 is 14.2 Å². The smallest absolute Gasteiger partial charge is 0.591 e. The Morgan fingerprint density at radius 1 is 1.22 bits per heavy atom. The molecule has 1 N–H and O–H groups in total. The normalized spacial score (nSPS) is 13.2. The van der Waals surface area contributed by atoms with Crippen molar-refractivity contribution in [2.75, 3.05) is 14.2 Å². The van der Waals surface area contributed by atoms with Gasteiger partial charge in [0.1, 0.15) is 0 Å². The monoisotopic (exact) mass is 283 g/mol. The Morgan fingerprint density at radius 2 is 1.83 bits per heavy atom. The lowest BCUT2D eigenvalue weighted by atomic mass is 10.2. The van der Waals surface area contributed by atoms with Crippen LogP contribution >= 0.6 is 0 Å². The average molecular weight is 283 g/mol. The fraction of sp³-hybridized carbons (Fsp3) is 0.400. The molecule has 8 heteroatoms. The zero-order valence-electron chi connectivity index (χ0n) is 9.71. The van der Waals surface area contributed by atoms with E-state index in [0.717, 1.165) is 0 Å². The molecule has 102 valence electrons. The molecule has 0 heterocycles. The van der Waals surface area contributed by atoms with E-state index in [1.54, 1.807) is 12.1 Å². The van der Waals surface area contributed by atoms with Crippen LogP contribution in [0.1, 0.15) is 5.56 Å². The summed E-state index contributed by atoms with van der Waals surface area (Å²) in [6.45, 7) is -0.188. The van der Waals surface area contributed by atoms with Crippen molar-refractivity contribution in [2.45, 2.75) is 12.1 Å². The number of ether oxygens (including phenoxy) is 2. The van der Waals surface area contributed by atoms with E-state index in [9.17, 15) is 17.7 Å². The first kappa shape index (κ1) is 14.9. The molecular weight excluding hydrogens is 271 g/mol. The van der Waals surface area contributed by atoms with Gasteiger partial charge in [-0.25, -0.2) is 0 Å². The molecule has 0 aliphatic heterocycles. The van der Waals surface area contributed by atoms with Crippen molar-refractivity contribution in [3.05, 3.63) is 23.8 Å². The molecule has 0 aromatic heterocycles. The minimum atomic E-state index is -4.77. The maximum absolute atomic E-state index is 12.0. The molecule has 18 heavy (non-hydrogen) atoms. The van der Waals surface area contributed by atoms with Gasteiger partial charge in [-0.2, -0.15) is 0 Å². The largest absolute Gasteiger partial charge is 0.592 e. The molecule has 1 aromatic rings. The lowest BCUT2D eigenvalue weighted by molar-refractivity contribution is -0.0447. The SMILES string of the molecule is COc1ccc(CN[S+]([O-])C(F)(F)F)cc1OC. The van der Waals surface area contributed by atoms with Crippen LogP contribution in [-0.4, -0.2) is 24.3 Å². The summed E-state index contributed by atoms with van der Waals surface area (Å²) in [4.78, 5) is 0. The van der Waals surface area contributed by atoms with Crippen molar-refractivity contribution in [3.63, 3.8) is 0 Å². The summed E-state index contributed by atoms with van der Waals surface area (Å²) >= 11 is -3.08. The van der Waals surface area contributed by atoms with Crippen LogP contribution in [0.4, 0.5) is 13.2 Å². The average Bonchev–Trinajstić information content (AvgIpc) is 2.34. The van der Waals surface area contributed by atoms with E-state index in [1.807, 2.05) is 4.72 Å². The van der Waals surface area contributed by atoms with Gasteiger partial charge in [-0.3, -0.25) is 0 Å². The first-order valence-corrected chi connectivity index (χ1v) is 5.96. The molecular formula is C10H12F3NO3S. The van der Waals surface area contributed by atoms with Crippen LogP contribution in [-0.2, 0) is 17.9 Å². The molecule has 4 nitrogen and oxygen atoms in total.